The molecule has 3 aromatic heterocycles. The molecule has 108 valence electrons. The lowest BCUT2D eigenvalue weighted by Gasteiger charge is -2.25. The van der Waals surface area contributed by atoms with Crippen LogP contribution in [0.2, 0.25) is 0 Å². The van der Waals surface area contributed by atoms with E-state index in [4.69, 9.17) is 0 Å². The first-order valence-electron chi connectivity index (χ1n) is 7.36. The van der Waals surface area contributed by atoms with Crippen LogP contribution in [0.3, 0.4) is 0 Å². The van der Waals surface area contributed by atoms with Crippen molar-refractivity contribution in [3.63, 3.8) is 0 Å². The van der Waals surface area contributed by atoms with Crippen molar-refractivity contribution in [2.45, 2.75) is 32.2 Å². The third kappa shape index (κ3) is 2.10. The van der Waals surface area contributed by atoms with E-state index >= 15 is 0 Å². The van der Waals surface area contributed by atoms with Gasteiger partial charge in [-0.2, -0.15) is 5.10 Å². The van der Waals surface area contributed by atoms with Gasteiger partial charge >= 0.3 is 0 Å². The fourth-order valence-electron chi connectivity index (χ4n) is 3.09. The number of H-pyrrole nitrogens is 1. The Morgan fingerprint density at radius 2 is 2.38 bits per heavy atom. The molecular weight excluding hydrogens is 282 g/mol. The van der Waals surface area contributed by atoms with E-state index in [9.17, 15) is 0 Å². The van der Waals surface area contributed by atoms with Crippen molar-refractivity contribution in [3.05, 3.63) is 35.2 Å². The number of rotatable bonds is 3. The zero-order chi connectivity index (χ0) is 14.2. The fourth-order valence-corrected chi connectivity index (χ4v) is 4.02. The minimum atomic E-state index is 0.343. The molecule has 0 spiro atoms. The molecule has 4 rings (SSSR count). The summed E-state index contributed by atoms with van der Waals surface area (Å²) in [6.07, 6.45) is 6.87. The molecule has 1 saturated heterocycles. The number of aromatic amines is 1. The van der Waals surface area contributed by atoms with Gasteiger partial charge in [0, 0.05) is 17.6 Å². The van der Waals surface area contributed by atoms with E-state index in [-0.39, 0.29) is 0 Å². The van der Waals surface area contributed by atoms with Crippen molar-refractivity contribution in [1.82, 2.24) is 20.2 Å². The fraction of sp³-hybridized carbons (Fsp3) is 0.400. The standard InChI is InChI=1S/C15H17N5S/c1-2-10-8-11-14(16-9-17-15(11)21-10)20-7-3-4-13(20)12-5-6-18-19-12/h5-6,8-9,13H,2-4,7H2,1H3,(H,18,19). The predicted octanol–water partition coefficient (Wildman–Crippen LogP) is 3.32. The highest BCUT2D eigenvalue weighted by Crippen LogP contribution is 2.38. The van der Waals surface area contributed by atoms with Gasteiger partial charge in [-0.3, -0.25) is 5.10 Å². The molecule has 5 nitrogen and oxygen atoms in total. The monoisotopic (exact) mass is 299 g/mol. The topological polar surface area (TPSA) is 57.7 Å². The number of hydrogen-bond acceptors (Lipinski definition) is 5. The highest BCUT2D eigenvalue weighted by atomic mass is 32.1. The van der Waals surface area contributed by atoms with E-state index in [2.05, 4.69) is 44.1 Å². The van der Waals surface area contributed by atoms with E-state index < -0.39 is 0 Å². The molecule has 1 atom stereocenters. The minimum Gasteiger partial charge on any atom is -0.347 e. The average Bonchev–Trinajstić information content (AvgIpc) is 3.24. The lowest BCUT2D eigenvalue weighted by molar-refractivity contribution is 0.685. The molecule has 0 radical (unpaired) electrons. The highest BCUT2D eigenvalue weighted by molar-refractivity contribution is 7.18. The van der Waals surface area contributed by atoms with E-state index in [1.165, 1.54) is 22.4 Å². The van der Waals surface area contributed by atoms with Crippen molar-refractivity contribution in [2.75, 3.05) is 11.4 Å². The number of aromatic nitrogens is 4. The second-order valence-corrected chi connectivity index (χ2v) is 6.46. The van der Waals surface area contributed by atoms with Crippen molar-refractivity contribution in [3.8, 4) is 0 Å². The van der Waals surface area contributed by atoms with Crippen LogP contribution < -0.4 is 4.90 Å². The first kappa shape index (κ1) is 12.8. The summed E-state index contributed by atoms with van der Waals surface area (Å²) in [6, 6.07) is 4.65. The van der Waals surface area contributed by atoms with Gasteiger partial charge in [0.2, 0.25) is 0 Å². The van der Waals surface area contributed by atoms with Gasteiger partial charge in [0.15, 0.2) is 0 Å². The summed E-state index contributed by atoms with van der Waals surface area (Å²) in [4.78, 5) is 13.9. The van der Waals surface area contributed by atoms with E-state index in [0.717, 1.165) is 30.0 Å². The van der Waals surface area contributed by atoms with Gasteiger partial charge in [0.1, 0.15) is 17.0 Å². The molecule has 1 N–H and O–H groups in total. The number of anilines is 1. The first-order valence-corrected chi connectivity index (χ1v) is 8.18. The summed E-state index contributed by atoms with van der Waals surface area (Å²) >= 11 is 1.77. The maximum Gasteiger partial charge on any atom is 0.141 e. The average molecular weight is 299 g/mol. The van der Waals surface area contributed by atoms with Gasteiger partial charge in [0.25, 0.3) is 0 Å². The molecule has 0 bridgehead atoms. The summed E-state index contributed by atoms with van der Waals surface area (Å²) in [7, 11) is 0. The van der Waals surface area contributed by atoms with Gasteiger partial charge < -0.3 is 4.90 Å². The van der Waals surface area contributed by atoms with Crippen molar-refractivity contribution >= 4 is 27.4 Å². The van der Waals surface area contributed by atoms with Gasteiger partial charge in [-0.15, -0.1) is 11.3 Å². The quantitative estimate of drug-likeness (QED) is 0.806. The Morgan fingerprint density at radius 3 is 3.19 bits per heavy atom. The zero-order valence-corrected chi connectivity index (χ0v) is 12.7. The van der Waals surface area contributed by atoms with Crippen LogP contribution in [0, 0.1) is 0 Å². The van der Waals surface area contributed by atoms with Crippen molar-refractivity contribution < 1.29 is 0 Å². The van der Waals surface area contributed by atoms with E-state index in [1.807, 2.05) is 6.20 Å². The number of nitrogens with one attached hydrogen (secondary N) is 1. The van der Waals surface area contributed by atoms with Crippen LogP contribution in [0.1, 0.15) is 36.4 Å². The highest BCUT2D eigenvalue weighted by Gasteiger charge is 2.29. The third-order valence-corrected chi connectivity index (χ3v) is 5.30. The Labute approximate surface area is 127 Å². The summed E-state index contributed by atoms with van der Waals surface area (Å²) in [5.74, 6) is 1.06. The molecule has 0 aromatic carbocycles. The second kappa shape index (κ2) is 5.11. The minimum absolute atomic E-state index is 0.343. The van der Waals surface area contributed by atoms with Crippen LogP contribution in [0.4, 0.5) is 5.82 Å². The maximum atomic E-state index is 4.58. The summed E-state index contributed by atoms with van der Waals surface area (Å²) in [6.45, 7) is 3.22. The Hall–Kier alpha value is -1.95. The van der Waals surface area contributed by atoms with Crippen LogP contribution in [0.25, 0.3) is 10.2 Å². The molecule has 0 amide bonds. The lowest BCUT2D eigenvalue weighted by atomic mass is 10.1. The lowest BCUT2D eigenvalue weighted by Crippen LogP contribution is -2.24. The Kier molecular flexibility index (Phi) is 3.11. The predicted molar refractivity (Wildman–Crippen MR) is 84.7 cm³/mol. The number of nitrogens with zero attached hydrogens (tertiary/aromatic N) is 4. The van der Waals surface area contributed by atoms with E-state index in [1.54, 1.807) is 17.7 Å². The molecule has 1 aliphatic heterocycles. The maximum absolute atomic E-state index is 4.58. The van der Waals surface area contributed by atoms with Crippen molar-refractivity contribution in [2.24, 2.45) is 0 Å². The largest absolute Gasteiger partial charge is 0.347 e. The van der Waals surface area contributed by atoms with Crippen LogP contribution in [0.15, 0.2) is 24.7 Å². The van der Waals surface area contributed by atoms with Gasteiger partial charge in [-0.1, -0.05) is 6.92 Å². The normalized spacial score (nSPS) is 18.7. The molecule has 1 aliphatic rings. The third-order valence-electron chi connectivity index (χ3n) is 4.11. The number of aryl methyl sites for hydroxylation is 1. The van der Waals surface area contributed by atoms with Crippen LogP contribution in [0.5, 0.6) is 0 Å². The van der Waals surface area contributed by atoms with Crippen LogP contribution >= 0.6 is 11.3 Å². The number of fused-ring (bicyclic) bond motifs is 1. The molecule has 0 aliphatic carbocycles. The van der Waals surface area contributed by atoms with Gasteiger partial charge in [-0.25, -0.2) is 9.97 Å². The number of thiophene rings is 1. The molecule has 3 aromatic rings. The molecule has 21 heavy (non-hydrogen) atoms. The molecule has 4 heterocycles. The first-order chi connectivity index (χ1) is 10.4. The summed E-state index contributed by atoms with van der Waals surface area (Å²) in [5.41, 5.74) is 1.17. The summed E-state index contributed by atoms with van der Waals surface area (Å²) < 4.78 is 0. The number of hydrogen-bond donors (Lipinski definition) is 1. The Balaban J connectivity index is 1.80. The molecule has 6 heteroatoms. The van der Waals surface area contributed by atoms with Crippen LogP contribution in [-0.2, 0) is 6.42 Å². The van der Waals surface area contributed by atoms with Crippen LogP contribution in [-0.4, -0.2) is 26.7 Å². The Bertz CT molecular complexity index is 749. The molecular formula is C15H17N5S. The van der Waals surface area contributed by atoms with Gasteiger partial charge in [-0.05, 0) is 31.4 Å². The smallest absolute Gasteiger partial charge is 0.141 e. The summed E-state index contributed by atoms with van der Waals surface area (Å²) in [5, 5.41) is 8.39. The second-order valence-electron chi connectivity index (χ2n) is 5.35. The molecule has 1 unspecified atom stereocenters. The molecule has 0 saturated carbocycles. The van der Waals surface area contributed by atoms with E-state index in [0.29, 0.717) is 6.04 Å². The van der Waals surface area contributed by atoms with Gasteiger partial charge in [0.05, 0.1) is 17.1 Å². The Morgan fingerprint density at radius 1 is 1.43 bits per heavy atom. The molecule has 1 fully saturated rings. The zero-order valence-electron chi connectivity index (χ0n) is 11.9. The van der Waals surface area contributed by atoms with Crippen molar-refractivity contribution in [1.29, 1.82) is 0 Å². The SMILES string of the molecule is CCc1cc2c(N3CCCC3c3ccn[nH]3)ncnc2s1.